The van der Waals surface area contributed by atoms with Gasteiger partial charge in [-0.2, -0.15) is 13.2 Å². The van der Waals surface area contributed by atoms with Gasteiger partial charge < -0.3 is 19.6 Å². The molecule has 0 aromatic carbocycles. The van der Waals surface area contributed by atoms with Crippen molar-refractivity contribution in [2.24, 2.45) is 0 Å². The topological polar surface area (TPSA) is 113 Å². The van der Waals surface area contributed by atoms with Crippen molar-refractivity contribution in [3.05, 3.63) is 28.2 Å². The number of nitrogens with one attached hydrogen (secondary N) is 2. The van der Waals surface area contributed by atoms with Crippen molar-refractivity contribution in [1.82, 2.24) is 20.1 Å². The highest BCUT2D eigenvalue weighted by molar-refractivity contribution is 5.83. The van der Waals surface area contributed by atoms with Crippen LogP contribution in [0.15, 0.2) is 21.3 Å². The number of pyridine rings is 1. The highest BCUT2D eigenvalue weighted by atomic mass is 19.4. The molecule has 0 radical (unpaired) electrons. The molecule has 1 amide bonds. The number of halogens is 6. The lowest BCUT2D eigenvalue weighted by atomic mass is 10.1. The molecule has 3 heterocycles. The number of ether oxygens (including phenoxy) is 1. The first kappa shape index (κ1) is 23.6. The van der Waals surface area contributed by atoms with Crippen LogP contribution in [0.4, 0.5) is 32.4 Å². The van der Waals surface area contributed by atoms with Gasteiger partial charge in [0.1, 0.15) is 17.3 Å². The van der Waals surface area contributed by atoms with Crippen LogP contribution in [0.25, 0.3) is 11.5 Å². The molecular formula is C17H17F6N5O4. The van der Waals surface area contributed by atoms with Crippen LogP contribution in [0.3, 0.4) is 0 Å². The third-order valence-electron chi connectivity index (χ3n) is 4.63. The van der Waals surface area contributed by atoms with E-state index in [2.05, 4.69) is 20.3 Å². The number of likely N-dealkylation sites (tertiary alicyclic amines) is 1. The van der Waals surface area contributed by atoms with Crippen LogP contribution in [0.1, 0.15) is 25.5 Å². The van der Waals surface area contributed by atoms with Gasteiger partial charge in [-0.25, -0.2) is 0 Å². The molecule has 0 bridgehead atoms. The molecule has 1 aliphatic heterocycles. The summed E-state index contributed by atoms with van der Waals surface area (Å²) in [5, 5.41) is 9.78. The summed E-state index contributed by atoms with van der Waals surface area (Å²) in [7, 11) is 0. The van der Waals surface area contributed by atoms with Crippen molar-refractivity contribution in [2.45, 2.75) is 44.4 Å². The molecule has 2 N–H and O–H groups in total. The fourth-order valence-corrected chi connectivity index (χ4v) is 3.10. The number of aromatic nitrogens is 3. The smallest absolute Gasteiger partial charge is 0.403 e. The van der Waals surface area contributed by atoms with E-state index in [4.69, 9.17) is 4.42 Å². The number of aromatic amines is 1. The maximum atomic E-state index is 12.6. The normalized spacial score (nSPS) is 16.8. The standard InChI is InChI=1S/C17H17F6N5O4/c1-8(14(30)28-6-4-9(5-7-28)32-17(21,22)23)24-15-27-26-13(31-15)10-2-3-11(16(18,19)20)25-12(10)29/h2-3,8-9H,4-7H2,1H3,(H,24,27)(H,25,29)/t8-/m0/s1. The number of nitrogens with zero attached hydrogens (tertiary/aromatic N) is 3. The van der Waals surface area contributed by atoms with Gasteiger partial charge in [-0.05, 0) is 31.9 Å². The van der Waals surface area contributed by atoms with Crippen LogP contribution in [0.5, 0.6) is 0 Å². The first-order valence-corrected chi connectivity index (χ1v) is 9.28. The van der Waals surface area contributed by atoms with Gasteiger partial charge in [0, 0.05) is 13.1 Å². The highest BCUT2D eigenvalue weighted by Crippen LogP contribution is 2.28. The first-order chi connectivity index (χ1) is 14.8. The molecule has 1 atom stereocenters. The first-order valence-electron chi connectivity index (χ1n) is 9.28. The summed E-state index contributed by atoms with van der Waals surface area (Å²) in [5.41, 5.74) is -2.64. The number of amides is 1. The molecule has 0 unspecified atom stereocenters. The summed E-state index contributed by atoms with van der Waals surface area (Å²) in [6, 6.07) is 0.345. The Labute approximate surface area is 175 Å². The Bertz CT molecular complexity index is 1010. The molecule has 1 saturated heterocycles. The van der Waals surface area contributed by atoms with Crippen LogP contribution >= 0.6 is 0 Å². The van der Waals surface area contributed by atoms with E-state index in [1.165, 1.54) is 11.8 Å². The molecule has 0 aliphatic carbocycles. The highest BCUT2D eigenvalue weighted by Gasteiger charge is 2.36. The fourth-order valence-electron chi connectivity index (χ4n) is 3.10. The number of alkyl halides is 6. The molecule has 2 aromatic heterocycles. The van der Waals surface area contributed by atoms with E-state index < -0.39 is 41.8 Å². The second-order valence-electron chi connectivity index (χ2n) is 6.98. The van der Waals surface area contributed by atoms with Crippen molar-refractivity contribution >= 4 is 11.9 Å². The minimum absolute atomic E-state index is 0.0133. The number of anilines is 1. The zero-order chi connectivity index (χ0) is 23.7. The summed E-state index contributed by atoms with van der Waals surface area (Å²) in [6.07, 6.45) is -10.5. The van der Waals surface area contributed by atoms with Gasteiger partial charge >= 0.3 is 18.6 Å². The van der Waals surface area contributed by atoms with Gasteiger partial charge in [-0.1, -0.05) is 5.10 Å². The zero-order valence-electron chi connectivity index (χ0n) is 16.4. The zero-order valence-corrected chi connectivity index (χ0v) is 16.4. The van der Waals surface area contributed by atoms with E-state index in [-0.39, 0.29) is 43.4 Å². The molecule has 1 aliphatic rings. The number of carbonyl (C=O) groups excluding carboxylic acids is 1. The number of carbonyl (C=O) groups is 1. The Morgan fingerprint density at radius 3 is 2.44 bits per heavy atom. The number of piperidine rings is 1. The van der Waals surface area contributed by atoms with Crippen molar-refractivity contribution < 1.29 is 40.3 Å². The number of hydrogen-bond donors (Lipinski definition) is 2. The SMILES string of the molecule is C[C@H](Nc1nnc(-c2ccc(C(F)(F)F)[nH]c2=O)o1)C(=O)N1CCC(OC(F)(F)F)CC1. The van der Waals surface area contributed by atoms with Crippen LogP contribution in [-0.4, -0.2) is 57.6 Å². The molecule has 0 spiro atoms. The molecule has 32 heavy (non-hydrogen) atoms. The van der Waals surface area contributed by atoms with Crippen LogP contribution < -0.4 is 10.9 Å². The molecular weight excluding hydrogens is 452 g/mol. The quantitative estimate of drug-likeness (QED) is 0.648. The van der Waals surface area contributed by atoms with Gasteiger partial charge in [0.2, 0.25) is 5.91 Å². The Hall–Kier alpha value is -3.10. The minimum Gasteiger partial charge on any atom is -0.403 e. The molecule has 2 aromatic rings. The van der Waals surface area contributed by atoms with Gasteiger partial charge in [-0.3, -0.25) is 14.3 Å². The number of rotatable bonds is 5. The van der Waals surface area contributed by atoms with E-state index in [0.29, 0.717) is 6.07 Å². The molecule has 1 fully saturated rings. The van der Waals surface area contributed by atoms with E-state index in [0.717, 1.165) is 6.07 Å². The van der Waals surface area contributed by atoms with Crippen LogP contribution in [0.2, 0.25) is 0 Å². The lowest BCUT2D eigenvalue weighted by Crippen LogP contribution is -2.47. The largest absolute Gasteiger partial charge is 0.522 e. The van der Waals surface area contributed by atoms with E-state index in [1.807, 2.05) is 0 Å². The van der Waals surface area contributed by atoms with Gasteiger partial charge in [-0.15, -0.1) is 18.3 Å². The van der Waals surface area contributed by atoms with Crippen molar-refractivity contribution in [2.75, 3.05) is 18.4 Å². The molecule has 15 heteroatoms. The average molecular weight is 469 g/mol. The van der Waals surface area contributed by atoms with E-state index >= 15 is 0 Å². The maximum absolute atomic E-state index is 12.6. The third-order valence-corrected chi connectivity index (χ3v) is 4.63. The summed E-state index contributed by atoms with van der Waals surface area (Å²) < 4.78 is 84.0. The Morgan fingerprint density at radius 2 is 1.88 bits per heavy atom. The van der Waals surface area contributed by atoms with Gasteiger partial charge in [0.15, 0.2) is 0 Å². The monoisotopic (exact) mass is 469 g/mol. The fraction of sp³-hybridized carbons (Fsp3) is 0.529. The molecule has 0 saturated carbocycles. The molecule has 176 valence electrons. The lowest BCUT2D eigenvalue weighted by Gasteiger charge is -2.33. The summed E-state index contributed by atoms with van der Waals surface area (Å²) in [4.78, 5) is 27.4. The summed E-state index contributed by atoms with van der Waals surface area (Å²) in [5.74, 6) is -0.810. The minimum atomic E-state index is -4.74. The number of hydrogen-bond acceptors (Lipinski definition) is 7. The van der Waals surface area contributed by atoms with Crippen LogP contribution in [-0.2, 0) is 15.7 Å². The molecule has 3 rings (SSSR count). The van der Waals surface area contributed by atoms with Crippen molar-refractivity contribution in [1.29, 1.82) is 0 Å². The van der Waals surface area contributed by atoms with E-state index in [1.54, 1.807) is 4.98 Å². The van der Waals surface area contributed by atoms with Crippen LogP contribution in [0, 0.1) is 0 Å². The van der Waals surface area contributed by atoms with Crippen molar-refractivity contribution in [3.63, 3.8) is 0 Å². The second-order valence-corrected chi connectivity index (χ2v) is 6.98. The lowest BCUT2D eigenvalue weighted by molar-refractivity contribution is -0.345. The van der Waals surface area contributed by atoms with Crippen molar-refractivity contribution in [3.8, 4) is 11.5 Å². The number of H-pyrrole nitrogens is 1. The predicted octanol–water partition coefficient (Wildman–Crippen LogP) is 2.77. The summed E-state index contributed by atoms with van der Waals surface area (Å²) >= 11 is 0. The summed E-state index contributed by atoms with van der Waals surface area (Å²) in [6.45, 7) is 1.57. The third kappa shape index (κ3) is 5.77. The second kappa shape index (κ2) is 8.80. The molecule has 9 nitrogen and oxygen atoms in total. The van der Waals surface area contributed by atoms with E-state index in [9.17, 15) is 35.9 Å². The average Bonchev–Trinajstić information content (AvgIpc) is 3.14. The maximum Gasteiger partial charge on any atom is 0.522 e. The Morgan fingerprint density at radius 1 is 1.22 bits per heavy atom. The Balaban J connectivity index is 1.60. The van der Waals surface area contributed by atoms with Gasteiger partial charge in [0.05, 0.1) is 6.10 Å². The predicted molar refractivity (Wildman–Crippen MR) is 95.2 cm³/mol. The Kier molecular flexibility index (Phi) is 6.48. The van der Waals surface area contributed by atoms with Gasteiger partial charge in [0.25, 0.3) is 11.4 Å².